The molecular weight excluding hydrogens is 366 g/mol. The minimum absolute atomic E-state index is 0.174. The number of amides is 1. The van der Waals surface area contributed by atoms with Gasteiger partial charge in [0.1, 0.15) is 5.75 Å². The van der Waals surface area contributed by atoms with Crippen LogP contribution in [0.25, 0.3) is 16.9 Å². The molecule has 0 radical (unpaired) electrons. The highest BCUT2D eigenvalue weighted by Gasteiger charge is 2.18. The molecule has 150 valence electrons. The number of methoxy groups -OCH3 is 1. The molecule has 6 heteroatoms. The van der Waals surface area contributed by atoms with Crippen molar-refractivity contribution < 1.29 is 14.3 Å². The molecule has 1 unspecified atom stereocenters. The number of benzene rings is 2. The first kappa shape index (κ1) is 19.2. The monoisotopic (exact) mass is 391 g/mol. The van der Waals surface area contributed by atoms with Crippen LogP contribution in [0.2, 0.25) is 0 Å². The first-order valence-electron chi connectivity index (χ1n) is 9.94. The molecule has 1 aromatic heterocycles. The zero-order chi connectivity index (χ0) is 20.1. The molecule has 3 aromatic rings. The Balaban J connectivity index is 1.57. The van der Waals surface area contributed by atoms with Gasteiger partial charge >= 0.3 is 0 Å². The van der Waals surface area contributed by atoms with Crippen LogP contribution >= 0.6 is 0 Å². The lowest BCUT2D eigenvalue weighted by Gasteiger charge is -2.09. The maximum atomic E-state index is 12.7. The standard InChI is InChI=1S/C23H25N3O3/c1-28-19-11-9-17(10-12-19)22-16-21(25-26(22)18-6-3-2-4-7-18)23(27)24-14-13-20-8-5-15-29-20/h2-4,6-7,9-12,16,20H,5,8,13-15H2,1H3,(H,24,27). The van der Waals surface area contributed by atoms with Gasteiger partial charge in [-0.05, 0) is 61.7 Å². The predicted octanol–water partition coefficient (Wildman–Crippen LogP) is 3.85. The Bertz CT molecular complexity index is 945. The Hall–Kier alpha value is -3.12. The summed E-state index contributed by atoms with van der Waals surface area (Å²) in [6.07, 6.45) is 3.26. The van der Waals surface area contributed by atoms with Gasteiger partial charge in [0.25, 0.3) is 5.91 Å². The van der Waals surface area contributed by atoms with Crippen molar-refractivity contribution in [1.82, 2.24) is 15.1 Å². The molecule has 2 aromatic carbocycles. The fraction of sp³-hybridized carbons (Fsp3) is 0.304. The first-order chi connectivity index (χ1) is 14.2. The molecule has 1 amide bonds. The number of nitrogens with one attached hydrogen (secondary N) is 1. The summed E-state index contributed by atoms with van der Waals surface area (Å²) in [5.41, 5.74) is 3.10. The number of hydrogen-bond acceptors (Lipinski definition) is 4. The number of nitrogens with zero attached hydrogens (tertiary/aromatic N) is 2. The second-order valence-corrected chi connectivity index (χ2v) is 7.07. The van der Waals surface area contributed by atoms with Crippen LogP contribution in [0.1, 0.15) is 29.8 Å². The van der Waals surface area contributed by atoms with Crippen molar-refractivity contribution in [3.63, 3.8) is 0 Å². The molecule has 1 aliphatic rings. The van der Waals surface area contributed by atoms with E-state index in [9.17, 15) is 4.79 Å². The summed E-state index contributed by atoms with van der Waals surface area (Å²) in [5.74, 6) is 0.610. The second-order valence-electron chi connectivity index (χ2n) is 7.07. The van der Waals surface area contributed by atoms with E-state index in [4.69, 9.17) is 9.47 Å². The van der Waals surface area contributed by atoms with Crippen molar-refractivity contribution in [3.05, 3.63) is 66.4 Å². The van der Waals surface area contributed by atoms with Gasteiger partial charge in [0, 0.05) is 18.7 Å². The minimum atomic E-state index is -0.174. The third-order valence-electron chi connectivity index (χ3n) is 5.10. The van der Waals surface area contributed by atoms with E-state index in [1.807, 2.05) is 60.7 Å². The quantitative estimate of drug-likeness (QED) is 0.664. The molecule has 1 N–H and O–H groups in total. The number of ether oxygens (including phenoxy) is 2. The fourth-order valence-electron chi connectivity index (χ4n) is 3.53. The molecule has 1 aliphatic heterocycles. The molecule has 1 fully saturated rings. The molecule has 0 spiro atoms. The summed E-state index contributed by atoms with van der Waals surface area (Å²) in [6, 6.07) is 19.4. The van der Waals surface area contributed by atoms with Crippen LogP contribution in [-0.4, -0.2) is 42.1 Å². The summed E-state index contributed by atoms with van der Waals surface area (Å²) < 4.78 is 12.7. The molecule has 4 rings (SSSR count). The average molecular weight is 391 g/mol. The molecule has 0 aliphatic carbocycles. The van der Waals surface area contributed by atoms with Gasteiger partial charge < -0.3 is 14.8 Å². The second kappa shape index (κ2) is 8.92. The lowest BCUT2D eigenvalue weighted by Crippen LogP contribution is -2.27. The molecule has 0 saturated carbocycles. The van der Waals surface area contributed by atoms with E-state index in [0.29, 0.717) is 12.2 Å². The summed E-state index contributed by atoms with van der Waals surface area (Å²) in [7, 11) is 1.64. The Morgan fingerprint density at radius 3 is 2.69 bits per heavy atom. The van der Waals surface area contributed by atoms with Crippen molar-refractivity contribution in [2.45, 2.75) is 25.4 Å². The number of para-hydroxylation sites is 1. The zero-order valence-corrected chi connectivity index (χ0v) is 16.5. The normalized spacial score (nSPS) is 16.0. The lowest BCUT2D eigenvalue weighted by atomic mass is 10.1. The van der Waals surface area contributed by atoms with Crippen molar-refractivity contribution in [1.29, 1.82) is 0 Å². The van der Waals surface area contributed by atoms with Crippen molar-refractivity contribution in [3.8, 4) is 22.7 Å². The van der Waals surface area contributed by atoms with Crippen LogP contribution in [0, 0.1) is 0 Å². The first-order valence-corrected chi connectivity index (χ1v) is 9.94. The van der Waals surface area contributed by atoms with Crippen LogP contribution in [0.5, 0.6) is 5.75 Å². The van der Waals surface area contributed by atoms with Crippen molar-refractivity contribution >= 4 is 5.91 Å². The van der Waals surface area contributed by atoms with Crippen LogP contribution in [0.15, 0.2) is 60.7 Å². The van der Waals surface area contributed by atoms with Gasteiger partial charge in [-0.1, -0.05) is 18.2 Å². The maximum Gasteiger partial charge on any atom is 0.271 e. The zero-order valence-electron chi connectivity index (χ0n) is 16.5. The number of hydrogen-bond donors (Lipinski definition) is 1. The maximum absolute atomic E-state index is 12.7. The minimum Gasteiger partial charge on any atom is -0.497 e. The Labute approximate surface area is 170 Å². The Morgan fingerprint density at radius 1 is 1.21 bits per heavy atom. The highest BCUT2D eigenvalue weighted by atomic mass is 16.5. The average Bonchev–Trinajstić information content (AvgIpc) is 3.45. The fourth-order valence-corrected chi connectivity index (χ4v) is 3.53. The number of carbonyl (C=O) groups is 1. The van der Waals surface area contributed by atoms with E-state index in [0.717, 1.165) is 48.6 Å². The largest absolute Gasteiger partial charge is 0.497 e. The van der Waals surface area contributed by atoms with Gasteiger partial charge in [-0.2, -0.15) is 5.10 Å². The van der Waals surface area contributed by atoms with Gasteiger partial charge in [-0.15, -0.1) is 0 Å². The predicted molar refractivity (Wildman–Crippen MR) is 111 cm³/mol. The number of aromatic nitrogens is 2. The van der Waals surface area contributed by atoms with Crippen molar-refractivity contribution in [2.24, 2.45) is 0 Å². The van der Waals surface area contributed by atoms with Gasteiger partial charge in [-0.25, -0.2) is 4.68 Å². The van der Waals surface area contributed by atoms with Crippen molar-refractivity contribution in [2.75, 3.05) is 20.3 Å². The van der Waals surface area contributed by atoms with Crippen LogP contribution in [-0.2, 0) is 4.74 Å². The summed E-state index contributed by atoms with van der Waals surface area (Å²) in [5, 5.41) is 7.56. The van der Waals surface area contributed by atoms with Gasteiger partial charge in [0.2, 0.25) is 0 Å². The number of carbonyl (C=O) groups excluding carboxylic acids is 1. The van der Waals surface area contributed by atoms with E-state index in [1.165, 1.54) is 0 Å². The van der Waals surface area contributed by atoms with Crippen LogP contribution < -0.4 is 10.1 Å². The molecule has 2 heterocycles. The topological polar surface area (TPSA) is 65.4 Å². The molecule has 29 heavy (non-hydrogen) atoms. The highest BCUT2D eigenvalue weighted by molar-refractivity contribution is 5.93. The van der Waals surface area contributed by atoms with E-state index < -0.39 is 0 Å². The third kappa shape index (κ3) is 4.49. The smallest absolute Gasteiger partial charge is 0.271 e. The molecular formula is C23H25N3O3. The highest BCUT2D eigenvalue weighted by Crippen LogP contribution is 2.26. The third-order valence-corrected chi connectivity index (χ3v) is 5.10. The van der Waals surface area contributed by atoms with E-state index in [1.54, 1.807) is 11.8 Å². The summed E-state index contributed by atoms with van der Waals surface area (Å²) in [4.78, 5) is 12.7. The van der Waals surface area contributed by atoms with E-state index in [-0.39, 0.29) is 12.0 Å². The molecule has 1 atom stereocenters. The van der Waals surface area contributed by atoms with Crippen LogP contribution in [0.4, 0.5) is 0 Å². The number of rotatable bonds is 7. The molecule has 1 saturated heterocycles. The molecule has 6 nitrogen and oxygen atoms in total. The summed E-state index contributed by atoms with van der Waals surface area (Å²) >= 11 is 0. The van der Waals surface area contributed by atoms with Crippen LogP contribution in [0.3, 0.4) is 0 Å². The van der Waals surface area contributed by atoms with Gasteiger partial charge in [0.05, 0.1) is 24.6 Å². The summed E-state index contributed by atoms with van der Waals surface area (Å²) in [6.45, 7) is 1.41. The van der Waals surface area contributed by atoms with E-state index >= 15 is 0 Å². The van der Waals surface area contributed by atoms with Gasteiger partial charge in [-0.3, -0.25) is 4.79 Å². The van der Waals surface area contributed by atoms with Gasteiger partial charge in [0.15, 0.2) is 5.69 Å². The SMILES string of the molecule is COc1ccc(-c2cc(C(=O)NCCC3CCCO3)nn2-c2ccccc2)cc1. The Morgan fingerprint density at radius 2 is 2.00 bits per heavy atom. The van der Waals surface area contributed by atoms with E-state index in [2.05, 4.69) is 10.4 Å². The lowest BCUT2D eigenvalue weighted by molar-refractivity contribution is 0.0903. The molecule has 0 bridgehead atoms. The Kier molecular flexibility index (Phi) is 5.91.